The SMILES string of the molecule is COC(=O)C(CN1CC(O)C(O)C1)c1ccccc1. The van der Waals surface area contributed by atoms with Gasteiger partial charge in [-0.3, -0.25) is 9.69 Å². The van der Waals surface area contributed by atoms with Crippen LogP contribution in [-0.2, 0) is 9.53 Å². The number of benzene rings is 1. The summed E-state index contributed by atoms with van der Waals surface area (Å²) in [6, 6.07) is 9.40. The van der Waals surface area contributed by atoms with Crippen LogP contribution in [0.1, 0.15) is 11.5 Å². The maximum Gasteiger partial charge on any atom is 0.314 e. The van der Waals surface area contributed by atoms with Gasteiger partial charge in [-0.05, 0) is 5.56 Å². The molecule has 1 aliphatic heterocycles. The van der Waals surface area contributed by atoms with Crippen molar-refractivity contribution in [3.8, 4) is 0 Å². The molecule has 0 saturated carbocycles. The van der Waals surface area contributed by atoms with Crippen molar-refractivity contribution in [1.82, 2.24) is 4.90 Å². The molecule has 5 nitrogen and oxygen atoms in total. The lowest BCUT2D eigenvalue weighted by atomic mass is 9.99. The molecule has 1 saturated heterocycles. The molecule has 5 heteroatoms. The van der Waals surface area contributed by atoms with Crippen LogP contribution in [0.15, 0.2) is 30.3 Å². The zero-order chi connectivity index (χ0) is 13.8. The first-order valence-corrected chi connectivity index (χ1v) is 6.33. The van der Waals surface area contributed by atoms with E-state index in [0.29, 0.717) is 19.6 Å². The topological polar surface area (TPSA) is 70.0 Å². The van der Waals surface area contributed by atoms with Gasteiger partial charge in [-0.25, -0.2) is 0 Å². The number of carbonyl (C=O) groups is 1. The summed E-state index contributed by atoms with van der Waals surface area (Å²) in [5, 5.41) is 19.1. The number of hydrogen-bond donors (Lipinski definition) is 2. The zero-order valence-corrected chi connectivity index (χ0v) is 10.9. The number of nitrogens with zero attached hydrogens (tertiary/aromatic N) is 1. The molecule has 3 unspecified atom stereocenters. The number of esters is 1. The Kier molecular flexibility index (Phi) is 4.52. The lowest BCUT2D eigenvalue weighted by Gasteiger charge is -2.21. The summed E-state index contributed by atoms with van der Waals surface area (Å²) in [6.07, 6.45) is -1.48. The summed E-state index contributed by atoms with van der Waals surface area (Å²) in [5.74, 6) is -0.703. The summed E-state index contributed by atoms with van der Waals surface area (Å²) in [7, 11) is 1.37. The average molecular weight is 265 g/mol. The Hall–Kier alpha value is -1.43. The second kappa shape index (κ2) is 6.14. The van der Waals surface area contributed by atoms with Gasteiger partial charge in [-0.1, -0.05) is 30.3 Å². The van der Waals surface area contributed by atoms with Gasteiger partial charge in [0.2, 0.25) is 0 Å². The minimum absolute atomic E-state index is 0.304. The third-order valence-electron chi connectivity index (χ3n) is 3.46. The molecule has 1 aliphatic rings. The van der Waals surface area contributed by atoms with Crippen LogP contribution in [0.4, 0.5) is 0 Å². The first kappa shape index (κ1) is 14.0. The summed E-state index contributed by atoms with van der Waals surface area (Å²) in [6.45, 7) is 1.19. The van der Waals surface area contributed by atoms with Crippen LogP contribution in [0.25, 0.3) is 0 Å². The number of carbonyl (C=O) groups excluding carboxylic acids is 1. The van der Waals surface area contributed by atoms with E-state index in [1.165, 1.54) is 7.11 Å². The number of likely N-dealkylation sites (tertiary alicyclic amines) is 1. The first-order chi connectivity index (χ1) is 9.11. The van der Waals surface area contributed by atoms with Gasteiger partial charge in [0.25, 0.3) is 0 Å². The zero-order valence-electron chi connectivity index (χ0n) is 10.9. The van der Waals surface area contributed by atoms with Crippen LogP contribution in [0.3, 0.4) is 0 Å². The molecule has 0 bridgehead atoms. The Morgan fingerprint density at radius 2 is 1.89 bits per heavy atom. The average Bonchev–Trinajstić information content (AvgIpc) is 2.75. The molecule has 1 fully saturated rings. The van der Waals surface area contributed by atoms with Crippen molar-refractivity contribution in [3.05, 3.63) is 35.9 Å². The molecule has 0 amide bonds. The highest BCUT2D eigenvalue weighted by atomic mass is 16.5. The van der Waals surface area contributed by atoms with E-state index >= 15 is 0 Å². The van der Waals surface area contributed by atoms with Crippen LogP contribution in [0.5, 0.6) is 0 Å². The molecule has 19 heavy (non-hydrogen) atoms. The van der Waals surface area contributed by atoms with E-state index in [9.17, 15) is 15.0 Å². The Morgan fingerprint density at radius 3 is 2.42 bits per heavy atom. The van der Waals surface area contributed by atoms with Crippen molar-refractivity contribution in [2.75, 3.05) is 26.7 Å². The molecular formula is C14H19NO4. The van der Waals surface area contributed by atoms with Crippen molar-refractivity contribution in [3.63, 3.8) is 0 Å². The quantitative estimate of drug-likeness (QED) is 0.749. The number of aliphatic hydroxyl groups excluding tert-OH is 2. The monoisotopic (exact) mass is 265 g/mol. The van der Waals surface area contributed by atoms with Crippen LogP contribution in [0.2, 0.25) is 0 Å². The van der Waals surface area contributed by atoms with Crippen molar-refractivity contribution >= 4 is 5.97 Å². The molecule has 2 N–H and O–H groups in total. The molecule has 1 aromatic rings. The third-order valence-corrected chi connectivity index (χ3v) is 3.46. The van der Waals surface area contributed by atoms with Gasteiger partial charge in [-0.15, -0.1) is 0 Å². The van der Waals surface area contributed by atoms with Gasteiger partial charge in [0, 0.05) is 19.6 Å². The lowest BCUT2D eigenvalue weighted by molar-refractivity contribution is -0.142. The number of β-amino-alcohol motifs (C(OH)–C–C–N with tert-alkyl or cyclic N) is 2. The highest BCUT2D eigenvalue weighted by molar-refractivity contribution is 5.78. The standard InChI is InChI=1S/C14H19NO4/c1-19-14(18)11(10-5-3-2-4-6-10)7-15-8-12(16)13(17)9-15/h2-6,11-13,16-17H,7-9H2,1H3. The van der Waals surface area contributed by atoms with Crippen molar-refractivity contribution < 1.29 is 19.7 Å². The van der Waals surface area contributed by atoms with Gasteiger partial charge in [0.1, 0.15) is 0 Å². The highest BCUT2D eigenvalue weighted by Crippen LogP contribution is 2.21. The summed E-state index contributed by atoms with van der Waals surface area (Å²) in [4.78, 5) is 13.8. The molecule has 104 valence electrons. The fourth-order valence-corrected chi connectivity index (χ4v) is 2.40. The number of methoxy groups -OCH3 is 1. The fourth-order valence-electron chi connectivity index (χ4n) is 2.40. The van der Waals surface area contributed by atoms with Gasteiger partial charge in [-0.2, -0.15) is 0 Å². The maximum atomic E-state index is 11.9. The van der Waals surface area contributed by atoms with Gasteiger partial charge >= 0.3 is 5.97 Å². The van der Waals surface area contributed by atoms with Crippen LogP contribution < -0.4 is 0 Å². The van der Waals surface area contributed by atoms with Crippen LogP contribution >= 0.6 is 0 Å². The Labute approximate surface area is 112 Å². The molecule has 0 spiro atoms. The largest absolute Gasteiger partial charge is 0.469 e. The highest BCUT2D eigenvalue weighted by Gasteiger charge is 2.33. The molecule has 1 heterocycles. The van der Waals surface area contributed by atoms with Crippen molar-refractivity contribution in [1.29, 1.82) is 0 Å². The lowest BCUT2D eigenvalue weighted by Crippen LogP contribution is -2.31. The molecule has 0 aromatic heterocycles. The smallest absolute Gasteiger partial charge is 0.314 e. The minimum Gasteiger partial charge on any atom is -0.469 e. The number of rotatable bonds is 4. The Bertz CT molecular complexity index is 413. The number of aliphatic hydroxyl groups is 2. The van der Waals surface area contributed by atoms with E-state index in [1.54, 1.807) is 0 Å². The van der Waals surface area contributed by atoms with Gasteiger partial charge in [0.05, 0.1) is 25.2 Å². The van der Waals surface area contributed by atoms with Crippen LogP contribution in [0, 0.1) is 0 Å². The molecule has 0 radical (unpaired) electrons. The van der Waals surface area contributed by atoms with E-state index in [1.807, 2.05) is 35.2 Å². The second-order valence-electron chi connectivity index (χ2n) is 4.84. The molecule has 3 atom stereocenters. The van der Waals surface area contributed by atoms with Crippen LogP contribution in [-0.4, -0.2) is 60.0 Å². The normalized spacial score (nSPS) is 25.2. The fraction of sp³-hybridized carbons (Fsp3) is 0.500. The first-order valence-electron chi connectivity index (χ1n) is 6.33. The minimum atomic E-state index is -0.742. The Morgan fingerprint density at radius 1 is 1.32 bits per heavy atom. The number of ether oxygens (including phenoxy) is 1. The molecule has 2 rings (SSSR count). The maximum absolute atomic E-state index is 11.9. The summed E-state index contributed by atoms with van der Waals surface area (Å²) >= 11 is 0. The molecule has 0 aliphatic carbocycles. The molecular weight excluding hydrogens is 246 g/mol. The van der Waals surface area contributed by atoms with Crippen molar-refractivity contribution in [2.24, 2.45) is 0 Å². The van der Waals surface area contributed by atoms with Gasteiger partial charge < -0.3 is 14.9 Å². The predicted molar refractivity (Wildman–Crippen MR) is 69.7 cm³/mol. The van der Waals surface area contributed by atoms with E-state index in [0.717, 1.165) is 5.56 Å². The second-order valence-corrected chi connectivity index (χ2v) is 4.84. The van der Waals surface area contributed by atoms with E-state index in [-0.39, 0.29) is 5.97 Å². The van der Waals surface area contributed by atoms with Gasteiger partial charge in [0.15, 0.2) is 0 Å². The van der Waals surface area contributed by atoms with E-state index in [4.69, 9.17) is 4.74 Å². The summed E-state index contributed by atoms with van der Waals surface area (Å²) < 4.78 is 4.84. The predicted octanol–water partition coefficient (Wildman–Crippen LogP) is -0.0194. The van der Waals surface area contributed by atoms with E-state index in [2.05, 4.69) is 0 Å². The van der Waals surface area contributed by atoms with Crippen molar-refractivity contribution in [2.45, 2.75) is 18.1 Å². The third kappa shape index (κ3) is 3.32. The van der Waals surface area contributed by atoms with E-state index < -0.39 is 18.1 Å². The Balaban J connectivity index is 2.09. The number of hydrogen-bond acceptors (Lipinski definition) is 5. The summed E-state index contributed by atoms with van der Waals surface area (Å²) in [5.41, 5.74) is 0.880. The molecule has 1 aromatic carbocycles.